The van der Waals surface area contributed by atoms with Gasteiger partial charge in [-0.1, -0.05) is 0 Å². The van der Waals surface area contributed by atoms with Gasteiger partial charge >= 0.3 is 12.0 Å². The highest BCUT2D eigenvalue weighted by Gasteiger charge is 2.08. The van der Waals surface area contributed by atoms with Gasteiger partial charge in [-0.15, -0.1) is 0 Å². The first-order chi connectivity index (χ1) is 9.92. The Hall–Kier alpha value is -2.90. The molecule has 0 aliphatic heterocycles. The van der Waals surface area contributed by atoms with Crippen LogP contribution < -0.4 is 15.4 Å². The number of carboxylic acid groups (broad SMARTS) is 1. The minimum atomic E-state index is -1.32. The van der Waals surface area contributed by atoms with Gasteiger partial charge in [0.15, 0.2) is 11.6 Å². The minimum Gasteiger partial charge on any atom is -0.491 e. The molecular weight excluding hydrogens is 283 g/mol. The molecule has 0 fully saturated rings. The smallest absolute Gasteiger partial charge is 0.328 e. The van der Waals surface area contributed by atoms with Crippen LogP contribution in [0.1, 0.15) is 6.92 Å². The number of benzene rings is 1. The van der Waals surface area contributed by atoms with E-state index in [1.54, 1.807) is 6.92 Å². The van der Waals surface area contributed by atoms with Crippen LogP contribution in [0.2, 0.25) is 0 Å². The fourth-order valence-corrected chi connectivity index (χ4v) is 1.31. The number of aliphatic carboxylic acids is 1. The molecule has 0 bridgehead atoms. The Morgan fingerprint density at radius 2 is 2.05 bits per heavy atom. The molecule has 0 aliphatic carbocycles. The highest BCUT2D eigenvalue weighted by atomic mass is 19.1. The van der Waals surface area contributed by atoms with Gasteiger partial charge in [0.1, 0.15) is 0 Å². The van der Waals surface area contributed by atoms with Crippen molar-refractivity contribution >= 4 is 23.6 Å². The van der Waals surface area contributed by atoms with Gasteiger partial charge < -0.3 is 15.2 Å². The Bertz CT molecular complexity index is 586. The molecule has 21 heavy (non-hydrogen) atoms. The summed E-state index contributed by atoms with van der Waals surface area (Å²) in [7, 11) is 0. The number of hydrogen-bond acceptors (Lipinski definition) is 4. The quantitative estimate of drug-likeness (QED) is 0.714. The lowest BCUT2D eigenvalue weighted by Gasteiger charge is -2.08. The SMILES string of the molecule is CCOc1ccc(NC(=O)NC(=O)/C=C/C(=O)O)cc1F. The Kier molecular flexibility index (Phi) is 5.87. The summed E-state index contributed by atoms with van der Waals surface area (Å²) in [5.74, 6) is -2.85. The summed E-state index contributed by atoms with van der Waals surface area (Å²) in [5, 5.41) is 12.4. The number of carbonyl (C=O) groups is 3. The van der Waals surface area contributed by atoms with Gasteiger partial charge in [-0.25, -0.2) is 14.0 Å². The third-order valence-corrected chi connectivity index (χ3v) is 2.10. The number of amides is 3. The average molecular weight is 296 g/mol. The molecule has 112 valence electrons. The first kappa shape index (κ1) is 16.2. The summed E-state index contributed by atoms with van der Waals surface area (Å²) in [5.41, 5.74) is 0.114. The van der Waals surface area contributed by atoms with E-state index in [0.29, 0.717) is 18.8 Å². The van der Waals surface area contributed by atoms with E-state index in [2.05, 4.69) is 5.32 Å². The molecule has 0 unspecified atom stereocenters. The Balaban J connectivity index is 2.61. The average Bonchev–Trinajstić information content (AvgIpc) is 2.39. The Morgan fingerprint density at radius 1 is 1.33 bits per heavy atom. The zero-order valence-electron chi connectivity index (χ0n) is 11.1. The molecule has 0 saturated carbocycles. The molecule has 0 aromatic heterocycles. The van der Waals surface area contributed by atoms with Gasteiger partial charge in [0.2, 0.25) is 0 Å². The van der Waals surface area contributed by atoms with Crippen LogP contribution in [0.5, 0.6) is 5.75 Å². The maximum Gasteiger partial charge on any atom is 0.328 e. The first-order valence-electron chi connectivity index (χ1n) is 5.87. The molecule has 0 atom stereocenters. The number of halogens is 1. The fraction of sp³-hybridized carbons (Fsp3) is 0.154. The summed E-state index contributed by atoms with van der Waals surface area (Å²) in [6, 6.07) is 2.84. The van der Waals surface area contributed by atoms with Gasteiger partial charge in [-0.05, 0) is 19.1 Å². The summed E-state index contributed by atoms with van der Waals surface area (Å²) in [6.45, 7) is 2.00. The highest BCUT2D eigenvalue weighted by Crippen LogP contribution is 2.20. The van der Waals surface area contributed by atoms with Crippen molar-refractivity contribution in [3.63, 3.8) is 0 Å². The topological polar surface area (TPSA) is 105 Å². The van der Waals surface area contributed by atoms with Crippen LogP contribution >= 0.6 is 0 Å². The van der Waals surface area contributed by atoms with E-state index in [1.165, 1.54) is 12.1 Å². The van der Waals surface area contributed by atoms with Crippen molar-refractivity contribution in [2.45, 2.75) is 6.92 Å². The number of hydrogen-bond donors (Lipinski definition) is 3. The number of rotatable bonds is 5. The van der Waals surface area contributed by atoms with Crippen LogP contribution in [0.25, 0.3) is 0 Å². The van der Waals surface area contributed by atoms with Gasteiger partial charge in [-0.2, -0.15) is 0 Å². The van der Waals surface area contributed by atoms with Crippen molar-refractivity contribution in [3.05, 3.63) is 36.2 Å². The Morgan fingerprint density at radius 3 is 2.62 bits per heavy atom. The predicted octanol–water partition coefficient (Wildman–Crippen LogP) is 1.51. The van der Waals surface area contributed by atoms with Crippen molar-refractivity contribution in [3.8, 4) is 5.75 Å². The first-order valence-corrected chi connectivity index (χ1v) is 5.87. The number of nitrogens with one attached hydrogen (secondary N) is 2. The van der Waals surface area contributed by atoms with Crippen LogP contribution in [0.4, 0.5) is 14.9 Å². The molecule has 0 spiro atoms. The molecule has 0 aliphatic rings. The molecule has 8 heteroatoms. The lowest BCUT2D eigenvalue weighted by Crippen LogP contribution is -2.33. The second-order valence-electron chi connectivity index (χ2n) is 3.69. The molecule has 1 rings (SSSR count). The van der Waals surface area contributed by atoms with E-state index in [4.69, 9.17) is 9.84 Å². The molecule has 3 N–H and O–H groups in total. The number of urea groups is 1. The third kappa shape index (κ3) is 5.72. The number of imide groups is 1. The Labute approximate surface area is 119 Å². The monoisotopic (exact) mass is 296 g/mol. The third-order valence-electron chi connectivity index (χ3n) is 2.10. The van der Waals surface area contributed by atoms with E-state index in [1.807, 2.05) is 5.32 Å². The van der Waals surface area contributed by atoms with Crippen LogP contribution in [0.15, 0.2) is 30.4 Å². The lowest BCUT2D eigenvalue weighted by molar-refractivity contribution is -0.131. The highest BCUT2D eigenvalue weighted by molar-refractivity contribution is 6.06. The molecule has 1 aromatic carbocycles. The van der Waals surface area contributed by atoms with Crippen LogP contribution in [0, 0.1) is 5.82 Å². The molecule has 3 amide bonds. The van der Waals surface area contributed by atoms with Crippen LogP contribution in [-0.4, -0.2) is 29.6 Å². The summed E-state index contributed by atoms with van der Waals surface area (Å²) in [6.07, 6.45) is 1.26. The second kappa shape index (κ2) is 7.63. The summed E-state index contributed by atoms with van der Waals surface area (Å²) < 4.78 is 18.5. The standard InChI is InChI=1S/C13H13FN2O5/c1-2-21-10-4-3-8(7-9(10)14)15-13(20)16-11(17)5-6-12(18)19/h3-7H,2H2,1H3,(H,18,19)(H2,15,16,17,20)/b6-5+. The summed E-state index contributed by atoms with van der Waals surface area (Å²) >= 11 is 0. The molecule has 7 nitrogen and oxygen atoms in total. The number of carboxylic acids is 1. The number of anilines is 1. The van der Waals surface area contributed by atoms with Crippen molar-refractivity contribution in [2.24, 2.45) is 0 Å². The van der Waals surface area contributed by atoms with Crippen LogP contribution in [0.3, 0.4) is 0 Å². The molecule has 1 aromatic rings. The lowest BCUT2D eigenvalue weighted by atomic mass is 10.3. The van der Waals surface area contributed by atoms with Gasteiger partial charge in [-0.3, -0.25) is 10.1 Å². The predicted molar refractivity (Wildman–Crippen MR) is 71.5 cm³/mol. The van der Waals surface area contributed by atoms with E-state index in [9.17, 15) is 18.8 Å². The van der Waals surface area contributed by atoms with Crippen molar-refractivity contribution < 1.29 is 28.6 Å². The van der Waals surface area contributed by atoms with Crippen LogP contribution in [-0.2, 0) is 9.59 Å². The van der Waals surface area contributed by atoms with E-state index in [0.717, 1.165) is 6.07 Å². The molecule has 0 saturated heterocycles. The van der Waals surface area contributed by atoms with Crippen molar-refractivity contribution in [2.75, 3.05) is 11.9 Å². The van der Waals surface area contributed by atoms with Crippen molar-refractivity contribution in [1.82, 2.24) is 5.32 Å². The molecule has 0 heterocycles. The van der Waals surface area contributed by atoms with Gasteiger partial charge in [0.25, 0.3) is 5.91 Å². The number of ether oxygens (including phenoxy) is 1. The largest absolute Gasteiger partial charge is 0.491 e. The summed E-state index contributed by atoms with van der Waals surface area (Å²) in [4.78, 5) is 32.7. The zero-order chi connectivity index (χ0) is 15.8. The number of carbonyl (C=O) groups excluding carboxylic acids is 2. The molecule has 0 radical (unpaired) electrons. The van der Waals surface area contributed by atoms with Gasteiger partial charge in [0, 0.05) is 23.9 Å². The maximum absolute atomic E-state index is 13.5. The second-order valence-corrected chi connectivity index (χ2v) is 3.69. The normalized spacial score (nSPS) is 10.2. The van der Waals surface area contributed by atoms with E-state index >= 15 is 0 Å². The fourth-order valence-electron chi connectivity index (χ4n) is 1.31. The minimum absolute atomic E-state index is 0.0453. The van der Waals surface area contributed by atoms with Crippen molar-refractivity contribution in [1.29, 1.82) is 0 Å². The van der Waals surface area contributed by atoms with E-state index < -0.39 is 23.7 Å². The molecular formula is C13H13FN2O5. The zero-order valence-corrected chi connectivity index (χ0v) is 11.1. The maximum atomic E-state index is 13.5. The van der Waals surface area contributed by atoms with E-state index in [-0.39, 0.29) is 11.4 Å². The van der Waals surface area contributed by atoms with Gasteiger partial charge in [0.05, 0.1) is 6.61 Å².